The van der Waals surface area contributed by atoms with Gasteiger partial charge in [-0.25, -0.2) is 4.79 Å². The number of esters is 1. The molecule has 0 radical (unpaired) electrons. The van der Waals surface area contributed by atoms with Crippen molar-refractivity contribution in [1.82, 2.24) is 9.78 Å². The summed E-state index contributed by atoms with van der Waals surface area (Å²) in [7, 11) is 3.75. The summed E-state index contributed by atoms with van der Waals surface area (Å²) in [6, 6.07) is 12.2. The van der Waals surface area contributed by atoms with E-state index in [1.165, 1.54) is 5.56 Å². The zero-order valence-corrected chi connectivity index (χ0v) is 18.5. The molecule has 0 bridgehead atoms. The molecule has 0 aliphatic rings. The fourth-order valence-corrected chi connectivity index (χ4v) is 3.66. The fraction of sp³-hybridized carbons (Fsp3) is 0.333. The lowest BCUT2D eigenvalue weighted by Gasteiger charge is -2.15. The first-order valence-corrected chi connectivity index (χ1v) is 10.1. The first-order valence-electron chi connectivity index (χ1n) is 10.1. The molecule has 0 spiro atoms. The second kappa shape index (κ2) is 9.03. The molecule has 3 rings (SSSR count). The topological polar surface area (TPSA) is 65.4 Å². The number of carbonyl (C=O) groups excluding carboxylic acids is 1. The minimum Gasteiger partial charge on any atom is -0.489 e. The predicted molar refractivity (Wildman–Crippen MR) is 119 cm³/mol. The van der Waals surface area contributed by atoms with E-state index in [9.17, 15) is 4.79 Å². The molecule has 0 saturated heterocycles. The summed E-state index contributed by atoms with van der Waals surface area (Å²) < 4.78 is 13.0. The molecule has 1 N–H and O–H groups in total. The van der Waals surface area contributed by atoms with Gasteiger partial charge >= 0.3 is 5.97 Å². The van der Waals surface area contributed by atoms with Gasteiger partial charge in [-0.15, -0.1) is 0 Å². The molecule has 6 nitrogen and oxygen atoms in total. The van der Waals surface area contributed by atoms with Crippen LogP contribution in [0.5, 0.6) is 5.75 Å². The molecule has 3 aromatic rings. The van der Waals surface area contributed by atoms with Gasteiger partial charge in [-0.1, -0.05) is 12.1 Å². The van der Waals surface area contributed by atoms with Crippen LogP contribution in [0.3, 0.4) is 0 Å². The Kier molecular flexibility index (Phi) is 6.45. The average Bonchev–Trinajstić information content (AvgIpc) is 3.02. The smallest absolute Gasteiger partial charge is 0.359 e. The number of anilines is 1. The molecule has 0 fully saturated rings. The van der Waals surface area contributed by atoms with Crippen molar-refractivity contribution in [3.63, 3.8) is 0 Å². The Labute approximate surface area is 177 Å². The van der Waals surface area contributed by atoms with Crippen LogP contribution in [0.4, 0.5) is 5.69 Å². The number of carbonyl (C=O) groups is 1. The molecule has 0 unspecified atom stereocenters. The molecule has 2 aromatic carbocycles. The normalized spacial score (nSPS) is 10.7. The van der Waals surface area contributed by atoms with Crippen molar-refractivity contribution in [2.24, 2.45) is 7.05 Å². The SMILES string of the molecule is CCOC(=O)c1nn(C)c(-c2ccc(OCc3c(C)cccc3NC)c(C)c2)c1C. The number of hydrogen-bond acceptors (Lipinski definition) is 5. The van der Waals surface area contributed by atoms with Crippen molar-refractivity contribution < 1.29 is 14.3 Å². The van der Waals surface area contributed by atoms with Crippen molar-refractivity contribution in [2.45, 2.75) is 34.3 Å². The van der Waals surface area contributed by atoms with E-state index < -0.39 is 5.97 Å². The van der Waals surface area contributed by atoms with E-state index in [1.54, 1.807) is 11.6 Å². The average molecular weight is 408 g/mol. The highest BCUT2D eigenvalue weighted by atomic mass is 16.5. The summed E-state index contributed by atoms with van der Waals surface area (Å²) in [5.41, 5.74) is 7.46. The van der Waals surface area contributed by atoms with Crippen molar-refractivity contribution in [3.05, 3.63) is 64.3 Å². The van der Waals surface area contributed by atoms with Gasteiger partial charge in [0, 0.05) is 36.5 Å². The van der Waals surface area contributed by atoms with Gasteiger partial charge in [0.25, 0.3) is 0 Å². The Hall–Kier alpha value is -3.28. The van der Waals surface area contributed by atoms with Gasteiger partial charge in [0.15, 0.2) is 5.69 Å². The maximum atomic E-state index is 12.2. The zero-order chi connectivity index (χ0) is 21.8. The summed E-state index contributed by atoms with van der Waals surface area (Å²) in [4.78, 5) is 12.2. The molecule has 0 atom stereocenters. The second-order valence-corrected chi connectivity index (χ2v) is 7.29. The maximum absolute atomic E-state index is 12.2. The molecule has 0 amide bonds. The third kappa shape index (κ3) is 4.17. The van der Waals surface area contributed by atoms with Crippen LogP contribution in [0.15, 0.2) is 36.4 Å². The van der Waals surface area contributed by atoms with Gasteiger partial charge in [0.1, 0.15) is 12.4 Å². The molecule has 0 aliphatic carbocycles. The standard InChI is InChI=1S/C24H29N3O3/c1-7-29-24(28)22-17(4)23(27(6)26-22)18-11-12-21(16(3)13-18)30-14-19-15(2)9-8-10-20(19)25-5/h8-13,25H,7,14H2,1-6H3. The lowest BCUT2D eigenvalue weighted by atomic mass is 10.0. The quantitative estimate of drug-likeness (QED) is 0.570. The number of ether oxygens (including phenoxy) is 2. The van der Waals surface area contributed by atoms with Crippen LogP contribution >= 0.6 is 0 Å². The third-order valence-corrected chi connectivity index (χ3v) is 5.25. The first-order chi connectivity index (χ1) is 14.4. The molecular formula is C24H29N3O3. The van der Waals surface area contributed by atoms with Crippen molar-refractivity contribution in [1.29, 1.82) is 0 Å². The van der Waals surface area contributed by atoms with Crippen LogP contribution < -0.4 is 10.1 Å². The highest BCUT2D eigenvalue weighted by molar-refractivity contribution is 5.91. The van der Waals surface area contributed by atoms with Gasteiger partial charge in [0.05, 0.1) is 12.3 Å². The lowest BCUT2D eigenvalue weighted by molar-refractivity contribution is 0.0517. The van der Waals surface area contributed by atoms with Crippen molar-refractivity contribution in [2.75, 3.05) is 19.0 Å². The number of hydrogen-bond donors (Lipinski definition) is 1. The molecule has 0 saturated carbocycles. The van der Waals surface area contributed by atoms with Crippen LogP contribution in [0, 0.1) is 20.8 Å². The van der Waals surface area contributed by atoms with E-state index in [0.717, 1.165) is 39.4 Å². The summed E-state index contributed by atoms with van der Waals surface area (Å²) in [5, 5.41) is 7.59. The summed E-state index contributed by atoms with van der Waals surface area (Å²) in [6.45, 7) is 8.60. The van der Waals surface area contributed by atoms with Crippen LogP contribution in [0.2, 0.25) is 0 Å². The van der Waals surface area contributed by atoms with E-state index in [2.05, 4.69) is 29.5 Å². The first kappa shape index (κ1) is 21.4. The van der Waals surface area contributed by atoms with Gasteiger partial charge in [-0.3, -0.25) is 4.68 Å². The number of aryl methyl sites for hydroxylation is 3. The van der Waals surface area contributed by atoms with E-state index in [4.69, 9.17) is 9.47 Å². The van der Waals surface area contributed by atoms with E-state index in [-0.39, 0.29) is 0 Å². The number of nitrogens with zero attached hydrogens (tertiary/aromatic N) is 2. The summed E-state index contributed by atoms with van der Waals surface area (Å²) >= 11 is 0. The van der Waals surface area contributed by atoms with Crippen LogP contribution in [-0.4, -0.2) is 29.4 Å². The Morgan fingerprint density at radius 1 is 1.13 bits per heavy atom. The number of nitrogens with one attached hydrogen (secondary N) is 1. The van der Waals surface area contributed by atoms with Gasteiger partial charge in [-0.05, 0) is 63.1 Å². The monoisotopic (exact) mass is 407 g/mol. The number of aromatic nitrogens is 2. The van der Waals surface area contributed by atoms with Crippen LogP contribution in [0.1, 0.15) is 39.7 Å². The molecule has 30 heavy (non-hydrogen) atoms. The highest BCUT2D eigenvalue weighted by Crippen LogP contribution is 2.31. The third-order valence-electron chi connectivity index (χ3n) is 5.25. The Balaban J connectivity index is 1.86. The van der Waals surface area contributed by atoms with Crippen LogP contribution in [0.25, 0.3) is 11.3 Å². The second-order valence-electron chi connectivity index (χ2n) is 7.29. The van der Waals surface area contributed by atoms with Gasteiger partial charge in [0.2, 0.25) is 0 Å². The van der Waals surface area contributed by atoms with Crippen molar-refractivity contribution in [3.8, 4) is 17.0 Å². The molecule has 158 valence electrons. The van der Waals surface area contributed by atoms with Crippen molar-refractivity contribution >= 4 is 11.7 Å². The number of rotatable bonds is 7. The minimum atomic E-state index is -0.396. The van der Waals surface area contributed by atoms with E-state index in [1.807, 2.05) is 52.2 Å². The Morgan fingerprint density at radius 2 is 1.90 bits per heavy atom. The fourth-order valence-electron chi connectivity index (χ4n) is 3.66. The minimum absolute atomic E-state index is 0.325. The summed E-state index contributed by atoms with van der Waals surface area (Å²) in [6.07, 6.45) is 0. The predicted octanol–water partition coefficient (Wildman–Crippen LogP) is 4.81. The zero-order valence-electron chi connectivity index (χ0n) is 18.5. The van der Waals surface area contributed by atoms with E-state index in [0.29, 0.717) is 18.9 Å². The largest absolute Gasteiger partial charge is 0.489 e. The molecule has 1 aromatic heterocycles. The van der Waals surface area contributed by atoms with Crippen LogP contribution in [-0.2, 0) is 18.4 Å². The van der Waals surface area contributed by atoms with Gasteiger partial charge in [-0.2, -0.15) is 5.10 Å². The molecule has 1 heterocycles. The Bertz CT molecular complexity index is 1070. The molecule has 0 aliphatic heterocycles. The van der Waals surface area contributed by atoms with E-state index >= 15 is 0 Å². The molecular weight excluding hydrogens is 378 g/mol. The van der Waals surface area contributed by atoms with Gasteiger partial charge < -0.3 is 14.8 Å². The Morgan fingerprint density at radius 3 is 2.57 bits per heavy atom. The molecule has 6 heteroatoms. The maximum Gasteiger partial charge on any atom is 0.359 e. The number of benzene rings is 2. The lowest BCUT2D eigenvalue weighted by Crippen LogP contribution is -2.07. The summed E-state index contributed by atoms with van der Waals surface area (Å²) in [5.74, 6) is 0.432. The highest BCUT2D eigenvalue weighted by Gasteiger charge is 2.21.